The van der Waals surface area contributed by atoms with E-state index in [9.17, 15) is 10.1 Å². The zero-order valence-electron chi connectivity index (χ0n) is 12.5. The highest BCUT2D eigenvalue weighted by atomic mass is 16.6. The lowest BCUT2D eigenvalue weighted by atomic mass is 9.93. The Balaban J connectivity index is 1.87. The van der Waals surface area contributed by atoms with Gasteiger partial charge in [0.25, 0.3) is 5.69 Å². The second kappa shape index (κ2) is 6.02. The van der Waals surface area contributed by atoms with Crippen molar-refractivity contribution in [2.45, 2.75) is 51.1 Å². The predicted molar refractivity (Wildman–Crippen MR) is 83.8 cm³/mol. The molecule has 0 amide bonds. The Hall–Kier alpha value is -1.62. The minimum Gasteiger partial charge on any atom is -0.367 e. The zero-order valence-corrected chi connectivity index (χ0v) is 12.5. The van der Waals surface area contributed by atoms with Gasteiger partial charge in [-0.3, -0.25) is 10.1 Å². The summed E-state index contributed by atoms with van der Waals surface area (Å²) in [5, 5.41) is 14.5. The number of nitro groups is 1. The molecule has 5 heteroatoms. The van der Waals surface area contributed by atoms with E-state index < -0.39 is 0 Å². The second-order valence-electron chi connectivity index (χ2n) is 6.19. The molecular formula is C16H23N3O2. The summed E-state index contributed by atoms with van der Waals surface area (Å²) in [5.74, 6) is 0. The van der Waals surface area contributed by atoms with Gasteiger partial charge in [0.05, 0.1) is 4.92 Å². The molecule has 1 aromatic carbocycles. The van der Waals surface area contributed by atoms with Gasteiger partial charge >= 0.3 is 0 Å². The Morgan fingerprint density at radius 1 is 1.29 bits per heavy atom. The van der Waals surface area contributed by atoms with Crippen LogP contribution in [0, 0.1) is 17.0 Å². The molecule has 2 saturated heterocycles. The van der Waals surface area contributed by atoms with E-state index >= 15 is 0 Å². The van der Waals surface area contributed by atoms with Crippen molar-refractivity contribution in [2.24, 2.45) is 0 Å². The highest BCUT2D eigenvalue weighted by molar-refractivity contribution is 5.58. The predicted octanol–water partition coefficient (Wildman–Crippen LogP) is 3.01. The van der Waals surface area contributed by atoms with Crippen LogP contribution in [0.2, 0.25) is 0 Å². The van der Waals surface area contributed by atoms with Crippen molar-refractivity contribution >= 4 is 11.4 Å². The first-order valence-electron chi connectivity index (χ1n) is 7.92. The molecule has 2 fully saturated rings. The summed E-state index contributed by atoms with van der Waals surface area (Å²) in [6.07, 6.45) is 6.21. The number of hydrogen-bond acceptors (Lipinski definition) is 4. The lowest BCUT2D eigenvalue weighted by Crippen LogP contribution is -2.50. The summed E-state index contributed by atoms with van der Waals surface area (Å²) in [5.41, 5.74) is 2.36. The van der Waals surface area contributed by atoms with Crippen LogP contribution in [0.25, 0.3) is 0 Å². The maximum atomic E-state index is 10.9. The van der Waals surface area contributed by atoms with Crippen LogP contribution in [0.5, 0.6) is 0 Å². The number of nitro benzene ring substituents is 1. The smallest absolute Gasteiger partial charge is 0.269 e. The van der Waals surface area contributed by atoms with Crippen molar-refractivity contribution in [3.05, 3.63) is 33.9 Å². The lowest BCUT2D eigenvalue weighted by molar-refractivity contribution is -0.384. The Kier molecular flexibility index (Phi) is 4.10. The summed E-state index contributed by atoms with van der Waals surface area (Å²) in [6, 6.07) is 6.36. The molecule has 114 valence electrons. The number of aryl methyl sites for hydroxylation is 1. The molecule has 2 aliphatic rings. The zero-order chi connectivity index (χ0) is 14.8. The van der Waals surface area contributed by atoms with Crippen LogP contribution >= 0.6 is 0 Å². The van der Waals surface area contributed by atoms with E-state index in [0.717, 1.165) is 18.7 Å². The van der Waals surface area contributed by atoms with Crippen molar-refractivity contribution in [3.8, 4) is 0 Å². The average Bonchev–Trinajstić information content (AvgIpc) is 3.01. The number of piperidine rings is 1. The van der Waals surface area contributed by atoms with Gasteiger partial charge in [-0.05, 0) is 57.2 Å². The van der Waals surface area contributed by atoms with E-state index in [2.05, 4.69) is 10.2 Å². The number of non-ortho nitro benzene ring substituents is 1. The second-order valence-corrected chi connectivity index (χ2v) is 6.19. The number of benzene rings is 1. The maximum Gasteiger partial charge on any atom is 0.269 e. The molecule has 2 aliphatic heterocycles. The number of rotatable bonds is 3. The van der Waals surface area contributed by atoms with Crippen LogP contribution in [0.1, 0.15) is 37.7 Å². The minimum absolute atomic E-state index is 0.184. The van der Waals surface area contributed by atoms with E-state index in [1.54, 1.807) is 12.1 Å². The van der Waals surface area contributed by atoms with Gasteiger partial charge < -0.3 is 10.2 Å². The number of nitrogens with zero attached hydrogens (tertiary/aromatic N) is 2. The number of hydrogen-bond donors (Lipinski definition) is 1. The third-order valence-electron chi connectivity index (χ3n) is 4.81. The van der Waals surface area contributed by atoms with Crippen LogP contribution in [-0.2, 0) is 0 Å². The third-order valence-corrected chi connectivity index (χ3v) is 4.81. The monoisotopic (exact) mass is 289 g/mol. The van der Waals surface area contributed by atoms with Crippen LogP contribution in [0.4, 0.5) is 11.4 Å². The van der Waals surface area contributed by atoms with Gasteiger partial charge in [-0.15, -0.1) is 0 Å². The van der Waals surface area contributed by atoms with Crippen molar-refractivity contribution in [1.82, 2.24) is 5.32 Å². The largest absolute Gasteiger partial charge is 0.367 e. The fraction of sp³-hybridized carbons (Fsp3) is 0.625. The first-order chi connectivity index (χ1) is 10.2. The summed E-state index contributed by atoms with van der Waals surface area (Å²) in [6.45, 7) is 4.16. The first-order valence-corrected chi connectivity index (χ1v) is 7.92. The minimum atomic E-state index is -0.316. The molecule has 2 heterocycles. The van der Waals surface area contributed by atoms with Crippen LogP contribution in [-0.4, -0.2) is 30.1 Å². The standard InChI is InChI=1S/C16H23N3O2/c1-12-11-13(19(20)21)7-8-15(12)18-10-3-2-6-16(18)14-5-4-9-17-14/h7-8,11,14,16-17H,2-6,9-10H2,1H3. The highest BCUT2D eigenvalue weighted by Crippen LogP contribution is 2.32. The van der Waals surface area contributed by atoms with E-state index in [-0.39, 0.29) is 10.6 Å². The highest BCUT2D eigenvalue weighted by Gasteiger charge is 2.32. The Morgan fingerprint density at radius 2 is 2.14 bits per heavy atom. The molecule has 0 bridgehead atoms. The molecule has 2 unspecified atom stereocenters. The number of anilines is 1. The van der Waals surface area contributed by atoms with Crippen LogP contribution in [0.3, 0.4) is 0 Å². The van der Waals surface area contributed by atoms with Gasteiger partial charge in [0.2, 0.25) is 0 Å². The molecule has 0 aliphatic carbocycles. The van der Waals surface area contributed by atoms with E-state index in [1.807, 2.05) is 13.0 Å². The van der Waals surface area contributed by atoms with Crippen molar-refractivity contribution in [2.75, 3.05) is 18.0 Å². The Morgan fingerprint density at radius 3 is 2.81 bits per heavy atom. The van der Waals surface area contributed by atoms with E-state index in [1.165, 1.54) is 37.8 Å². The van der Waals surface area contributed by atoms with Gasteiger partial charge in [0, 0.05) is 36.4 Å². The average molecular weight is 289 g/mol. The summed E-state index contributed by atoms with van der Waals surface area (Å²) in [4.78, 5) is 13.1. The van der Waals surface area contributed by atoms with Gasteiger partial charge in [-0.25, -0.2) is 0 Å². The molecule has 5 nitrogen and oxygen atoms in total. The Labute approximate surface area is 125 Å². The van der Waals surface area contributed by atoms with Crippen LogP contribution in [0.15, 0.2) is 18.2 Å². The summed E-state index contributed by atoms with van der Waals surface area (Å²) in [7, 11) is 0. The molecule has 1 N–H and O–H groups in total. The van der Waals surface area contributed by atoms with Gasteiger partial charge in [-0.1, -0.05) is 0 Å². The van der Waals surface area contributed by atoms with E-state index in [0.29, 0.717) is 12.1 Å². The fourth-order valence-corrected chi connectivity index (χ4v) is 3.79. The summed E-state index contributed by atoms with van der Waals surface area (Å²) >= 11 is 0. The quantitative estimate of drug-likeness (QED) is 0.686. The molecular weight excluding hydrogens is 266 g/mol. The maximum absolute atomic E-state index is 10.9. The Bertz CT molecular complexity index is 526. The van der Waals surface area contributed by atoms with E-state index in [4.69, 9.17) is 0 Å². The molecule has 0 aromatic heterocycles. The molecule has 3 rings (SSSR count). The number of nitrogens with one attached hydrogen (secondary N) is 1. The summed E-state index contributed by atoms with van der Waals surface area (Å²) < 4.78 is 0. The molecule has 0 spiro atoms. The van der Waals surface area contributed by atoms with Crippen molar-refractivity contribution in [1.29, 1.82) is 0 Å². The molecule has 0 radical (unpaired) electrons. The third kappa shape index (κ3) is 2.88. The lowest BCUT2D eigenvalue weighted by Gasteiger charge is -2.41. The van der Waals surface area contributed by atoms with Gasteiger partial charge in [0.1, 0.15) is 0 Å². The fourth-order valence-electron chi connectivity index (χ4n) is 3.79. The van der Waals surface area contributed by atoms with Crippen LogP contribution < -0.4 is 10.2 Å². The molecule has 0 saturated carbocycles. The van der Waals surface area contributed by atoms with Crippen molar-refractivity contribution < 1.29 is 4.92 Å². The molecule has 1 aromatic rings. The normalized spacial score (nSPS) is 26.0. The topological polar surface area (TPSA) is 58.4 Å². The first kappa shape index (κ1) is 14.3. The molecule has 21 heavy (non-hydrogen) atoms. The van der Waals surface area contributed by atoms with Crippen molar-refractivity contribution in [3.63, 3.8) is 0 Å². The van der Waals surface area contributed by atoms with Gasteiger partial charge in [0.15, 0.2) is 0 Å². The van der Waals surface area contributed by atoms with Gasteiger partial charge in [-0.2, -0.15) is 0 Å². The SMILES string of the molecule is Cc1cc([N+](=O)[O-])ccc1N1CCCCC1C1CCCN1. The molecule has 2 atom stereocenters.